The fourth-order valence-corrected chi connectivity index (χ4v) is 4.48. The van der Waals surface area contributed by atoms with Gasteiger partial charge in [-0.3, -0.25) is 4.90 Å². The third-order valence-corrected chi connectivity index (χ3v) is 5.66. The lowest BCUT2D eigenvalue weighted by atomic mass is 9.88. The van der Waals surface area contributed by atoms with Gasteiger partial charge >= 0.3 is 0 Å². The van der Waals surface area contributed by atoms with E-state index < -0.39 is 0 Å². The fourth-order valence-electron chi connectivity index (χ4n) is 4.48. The molecule has 0 aromatic heterocycles. The lowest BCUT2D eigenvalue weighted by Crippen LogP contribution is -2.48. The molecule has 1 aromatic carbocycles. The first-order valence-electron chi connectivity index (χ1n) is 8.58. The van der Waals surface area contributed by atoms with E-state index in [4.69, 9.17) is 0 Å². The highest BCUT2D eigenvalue weighted by Crippen LogP contribution is 2.33. The molecule has 3 nitrogen and oxygen atoms in total. The van der Waals surface area contributed by atoms with Gasteiger partial charge in [0.05, 0.1) is 0 Å². The van der Waals surface area contributed by atoms with Gasteiger partial charge in [-0.1, -0.05) is 12.1 Å². The number of fused-ring (bicyclic) bond motifs is 2. The number of nitrogens with zero attached hydrogens (tertiary/aromatic N) is 2. The summed E-state index contributed by atoms with van der Waals surface area (Å²) in [6, 6.07) is 10.6. The summed E-state index contributed by atoms with van der Waals surface area (Å²) in [7, 11) is 0. The molecule has 21 heavy (non-hydrogen) atoms. The maximum absolute atomic E-state index is 3.77. The summed E-state index contributed by atoms with van der Waals surface area (Å²) >= 11 is 0. The molecule has 3 atom stereocenters. The lowest BCUT2D eigenvalue weighted by Gasteiger charge is -2.38. The average molecular weight is 285 g/mol. The summed E-state index contributed by atoms with van der Waals surface area (Å²) in [5.74, 6) is 0.911. The zero-order valence-corrected chi connectivity index (χ0v) is 13.1. The van der Waals surface area contributed by atoms with E-state index >= 15 is 0 Å². The van der Waals surface area contributed by atoms with E-state index in [1.807, 2.05) is 0 Å². The topological polar surface area (TPSA) is 18.5 Å². The van der Waals surface area contributed by atoms with Crippen molar-refractivity contribution in [2.75, 3.05) is 37.6 Å². The lowest BCUT2D eigenvalue weighted by molar-refractivity contribution is 0.201. The summed E-state index contributed by atoms with van der Waals surface area (Å²) in [6.07, 6.45) is 4.25. The molecule has 3 aliphatic rings. The van der Waals surface area contributed by atoms with Crippen LogP contribution in [0.1, 0.15) is 24.8 Å². The number of hydrogen-bond donors (Lipinski definition) is 1. The van der Waals surface area contributed by atoms with Gasteiger partial charge in [0.2, 0.25) is 0 Å². The highest BCUT2D eigenvalue weighted by molar-refractivity contribution is 5.48. The predicted molar refractivity (Wildman–Crippen MR) is 87.9 cm³/mol. The van der Waals surface area contributed by atoms with E-state index in [9.17, 15) is 0 Å². The Balaban J connectivity index is 1.30. The van der Waals surface area contributed by atoms with Crippen LogP contribution in [-0.2, 0) is 0 Å². The van der Waals surface area contributed by atoms with Gasteiger partial charge in [0.1, 0.15) is 0 Å². The standard InChI is InChI=1S/C18H27N3/c1-14-3-2-4-17(11-14)21-9-7-20(8-10-21)13-15-12-16-5-6-18(15)19-16/h2-4,11,15-16,18-19H,5-10,12-13H2,1H3. The first-order valence-corrected chi connectivity index (χ1v) is 8.58. The summed E-state index contributed by atoms with van der Waals surface area (Å²) < 4.78 is 0. The largest absolute Gasteiger partial charge is 0.369 e. The maximum atomic E-state index is 3.77. The van der Waals surface area contributed by atoms with Gasteiger partial charge in [-0.25, -0.2) is 0 Å². The van der Waals surface area contributed by atoms with Crippen LogP contribution in [0, 0.1) is 12.8 Å². The first-order chi connectivity index (χ1) is 10.3. The maximum Gasteiger partial charge on any atom is 0.0369 e. The summed E-state index contributed by atoms with van der Waals surface area (Å²) in [5, 5.41) is 3.77. The number of nitrogens with one attached hydrogen (secondary N) is 1. The molecule has 3 aliphatic heterocycles. The summed E-state index contributed by atoms with van der Waals surface area (Å²) in [5.41, 5.74) is 2.76. The van der Waals surface area contributed by atoms with Crippen LogP contribution in [0.4, 0.5) is 5.69 Å². The summed E-state index contributed by atoms with van der Waals surface area (Å²) in [4.78, 5) is 5.24. The molecule has 0 spiro atoms. The number of hydrogen-bond acceptors (Lipinski definition) is 3. The Kier molecular flexibility index (Phi) is 3.64. The molecule has 3 fully saturated rings. The van der Waals surface area contributed by atoms with Gasteiger partial charge in [-0.05, 0) is 49.8 Å². The quantitative estimate of drug-likeness (QED) is 0.919. The molecule has 0 radical (unpaired) electrons. The van der Waals surface area contributed by atoms with Gasteiger partial charge in [-0.15, -0.1) is 0 Å². The molecular weight excluding hydrogens is 258 g/mol. The van der Waals surface area contributed by atoms with E-state index in [0.29, 0.717) is 0 Å². The van der Waals surface area contributed by atoms with E-state index in [0.717, 1.165) is 18.0 Å². The number of anilines is 1. The number of piperazine rings is 1. The van der Waals surface area contributed by atoms with Crippen LogP contribution in [0.15, 0.2) is 24.3 Å². The zero-order chi connectivity index (χ0) is 14.2. The Hall–Kier alpha value is -1.06. The Bertz CT molecular complexity index is 493. The third kappa shape index (κ3) is 2.82. The molecule has 1 aromatic rings. The van der Waals surface area contributed by atoms with E-state index in [1.165, 1.54) is 63.2 Å². The monoisotopic (exact) mass is 285 g/mol. The normalized spacial score (nSPS) is 32.8. The second-order valence-electron chi connectivity index (χ2n) is 7.17. The first kappa shape index (κ1) is 13.6. The van der Waals surface area contributed by atoms with Crippen LogP contribution >= 0.6 is 0 Å². The minimum absolute atomic E-state index is 0.824. The number of aryl methyl sites for hydroxylation is 1. The highest BCUT2D eigenvalue weighted by atomic mass is 15.3. The van der Waals surface area contributed by atoms with Crippen LogP contribution in [-0.4, -0.2) is 49.7 Å². The van der Waals surface area contributed by atoms with Gasteiger partial charge < -0.3 is 10.2 Å². The van der Waals surface area contributed by atoms with Crippen LogP contribution in [0.25, 0.3) is 0 Å². The minimum atomic E-state index is 0.824. The Morgan fingerprint density at radius 2 is 2.00 bits per heavy atom. The molecule has 0 amide bonds. The smallest absolute Gasteiger partial charge is 0.0369 e. The molecule has 1 N–H and O–H groups in total. The Morgan fingerprint density at radius 3 is 2.67 bits per heavy atom. The zero-order valence-electron chi connectivity index (χ0n) is 13.1. The molecule has 4 rings (SSSR count). The molecule has 0 aliphatic carbocycles. The third-order valence-electron chi connectivity index (χ3n) is 5.66. The second kappa shape index (κ2) is 5.62. The van der Waals surface area contributed by atoms with Crippen molar-refractivity contribution in [1.29, 1.82) is 0 Å². The van der Waals surface area contributed by atoms with Gasteiger partial charge in [0.15, 0.2) is 0 Å². The van der Waals surface area contributed by atoms with Crippen molar-refractivity contribution in [1.82, 2.24) is 10.2 Å². The molecule has 3 unspecified atom stereocenters. The molecular formula is C18H27N3. The molecule has 3 saturated heterocycles. The van der Waals surface area contributed by atoms with Crippen LogP contribution in [0.5, 0.6) is 0 Å². The van der Waals surface area contributed by atoms with Crippen molar-refractivity contribution in [3.63, 3.8) is 0 Å². The second-order valence-corrected chi connectivity index (χ2v) is 7.17. The van der Waals surface area contributed by atoms with Crippen molar-refractivity contribution in [3.8, 4) is 0 Å². The van der Waals surface area contributed by atoms with Crippen molar-refractivity contribution >= 4 is 5.69 Å². The molecule has 2 bridgehead atoms. The van der Waals surface area contributed by atoms with Crippen molar-refractivity contribution in [3.05, 3.63) is 29.8 Å². The van der Waals surface area contributed by atoms with Crippen molar-refractivity contribution in [2.24, 2.45) is 5.92 Å². The van der Waals surface area contributed by atoms with E-state index in [1.54, 1.807) is 0 Å². The number of benzene rings is 1. The van der Waals surface area contributed by atoms with E-state index in [2.05, 4.69) is 46.3 Å². The SMILES string of the molecule is Cc1cccc(N2CCN(CC3CC4CCC3N4)CC2)c1. The minimum Gasteiger partial charge on any atom is -0.369 e. The molecule has 0 saturated carbocycles. The molecule has 3 heterocycles. The van der Waals surface area contributed by atoms with Crippen molar-refractivity contribution in [2.45, 2.75) is 38.3 Å². The predicted octanol–water partition coefficient (Wildman–Crippen LogP) is 2.26. The highest BCUT2D eigenvalue weighted by Gasteiger charge is 2.39. The molecule has 3 heteroatoms. The Morgan fingerprint density at radius 1 is 1.14 bits per heavy atom. The van der Waals surface area contributed by atoms with Crippen LogP contribution < -0.4 is 10.2 Å². The average Bonchev–Trinajstić information content (AvgIpc) is 3.11. The van der Waals surface area contributed by atoms with E-state index in [-0.39, 0.29) is 0 Å². The summed E-state index contributed by atoms with van der Waals surface area (Å²) in [6.45, 7) is 8.30. The van der Waals surface area contributed by atoms with Crippen molar-refractivity contribution < 1.29 is 0 Å². The van der Waals surface area contributed by atoms with Gasteiger partial charge in [-0.2, -0.15) is 0 Å². The number of rotatable bonds is 3. The Labute approximate surface area is 128 Å². The van der Waals surface area contributed by atoms with Crippen LogP contribution in [0.2, 0.25) is 0 Å². The van der Waals surface area contributed by atoms with Gasteiger partial charge in [0, 0.05) is 50.5 Å². The van der Waals surface area contributed by atoms with Gasteiger partial charge in [0.25, 0.3) is 0 Å². The molecule has 114 valence electrons. The van der Waals surface area contributed by atoms with Crippen LogP contribution in [0.3, 0.4) is 0 Å². The fraction of sp³-hybridized carbons (Fsp3) is 0.667.